The summed E-state index contributed by atoms with van der Waals surface area (Å²) in [5.41, 5.74) is 0.320. The maximum absolute atomic E-state index is 11.9. The van der Waals surface area contributed by atoms with Crippen LogP contribution < -0.4 is 19.5 Å². The smallest absolute Gasteiger partial charge is 0.338 e. The lowest BCUT2D eigenvalue weighted by atomic mass is 10.2. The van der Waals surface area contributed by atoms with E-state index in [2.05, 4.69) is 5.32 Å². The number of esters is 1. The zero-order valence-electron chi connectivity index (χ0n) is 15.4. The maximum atomic E-state index is 11.9. The minimum absolute atomic E-state index is 0.294. The molecule has 144 valence electrons. The van der Waals surface area contributed by atoms with E-state index in [-0.39, 0.29) is 6.61 Å². The summed E-state index contributed by atoms with van der Waals surface area (Å²) in [5.74, 6) is 1.00. The molecule has 0 fully saturated rings. The van der Waals surface area contributed by atoms with E-state index in [1.165, 1.54) is 7.11 Å². The third-order valence-corrected chi connectivity index (χ3v) is 3.47. The van der Waals surface area contributed by atoms with E-state index in [0.29, 0.717) is 36.8 Å². The van der Waals surface area contributed by atoms with Gasteiger partial charge in [-0.25, -0.2) is 4.79 Å². The van der Waals surface area contributed by atoms with Crippen LogP contribution in [0.15, 0.2) is 48.5 Å². The van der Waals surface area contributed by atoms with Crippen LogP contribution in [-0.4, -0.2) is 45.4 Å². The van der Waals surface area contributed by atoms with Gasteiger partial charge in [0.25, 0.3) is 5.91 Å². The molecular formula is C20H23NO6. The van der Waals surface area contributed by atoms with Crippen LogP contribution in [0.1, 0.15) is 17.3 Å². The summed E-state index contributed by atoms with van der Waals surface area (Å²) in [6.45, 7) is 2.75. The van der Waals surface area contributed by atoms with Gasteiger partial charge in [0, 0.05) is 0 Å². The summed E-state index contributed by atoms with van der Waals surface area (Å²) in [6, 6.07) is 13.7. The fourth-order valence-electron chi connectivity index (χ4n) is 2.17. The SMILES string of the molecule is CCOc1ccc(OCCNC(=O)COC(=O)c2cccc(OC)c2)cc1. The number of carbonyl (C=O) groups excluding carboxylic acids is 2. The number of benzene rings is 2. The summed E-state index contributed by atoms with van der Waals surface area (Å²) in [4.78, 5) is 23.7. The second-order valence-electron chi connectivity index (χ2n) is 5.41. The van der Waals surface area contributed by atoms with E-state index in [4.69, 9.17) is 18.9 Å². The molecule has 0 spiro atoms. The first-order valence-electron chi connectivity index (χ1n) is 8.56. The molecule has 0 bridgehead atoms. The van der Waals surface area contributed by atoms with Crippen molar-refractivity contribution in [3.63, 3.8) is 0 Å². The molecule has 0 aliphatic carbocycles. The Morgan fingerprint density at radius 2 is 1.67 bits per heavy atom. The van der Waals surface area contributed by atoms with Gasteiger partial charge in [0.05, 0.1) is 25.8 Å². The highest BCUT2D eigenvalue weighted by Crippen LogP contribution is 2.17. The van der Waals surface area contributed by atoms with Gasteiger partial charge in [0.15, 0.2) is 6.61 Å². The Labute approximate surface area is 158 Å². The molecule has 0 saturated heterocycles. The third-order valence-electron chi connectivity index (χ3n) is 3.47. The van der Waals surface area contributed by atoms with Crippen LogP contribution in [0.25, 0.3) is 0 Å². The van der Waals surface area contributed by atoms with Crippen molar-refractivity contribution in [1.29, 1.82) is 0 Å². The first-order chi connectivity index (χ1) is 13.1. The van der Waals surface area contributed by atoms with Crippen molar-refractivity contribution < 1.29 is 28.5 Å². The molecule has 2 rings (SSSR count). The summed E-state index contributed by atoms with van der Waals surface area (Å²) in [6.07, 6.45) is 0. The van der Waals surface area contributed by atoms with E-state index in [1.54, 1.807) is 36.4 Å². The van der Waals surface area contributed by atoms with Gasteiger partial charge < -0.3 is 24.3 Å². The number of hydrogen-bond donors (Lipinski definition) is 1. The van der Waals surface area contributed by atoms with Crippen molar-refractivity contribution in [2.75, 3.05) is 33.5 Å². The van der Waals surface area contributed by atoms with E-state index in [1.807, 2.05) is 19.1 Å². The molecule has 2 aromatic carbocycles. The third kappa shape index (κ3) is 6.89. The molecule has 0 heterocycles. The number of methoxy groups -OCH3 is 1. The Morgan fingerprint density at radius 1 is 0.963 bits per heavy atom. The largest absolute Gasteiger partial charge is 0.497 e. The maximum Gasteiger partial charge on any atom is 0.338 e. The Bertz CT molecular complexity index is 744. The van der Waals surface area contributed by atoms with Gasteiger partial charge in [-0.1, -0.05) is 6.07 Å². The highest BCUT2D eigenvalue weighted by molar-refractivity contribution is 5.91. The second kappa shape index (κ2) is 10.7. The minimum atomic E-state index is -0.588. The van der Waals surface area contributed by atoms with Crippen molar-refractivity contribution in [3.8, 4) is 17.2 Å². The summed E-state index contributed by atoms with van der Waals surface area (Å²) in [5, 5.41) is 2.62. The molecule has 0 unspecified atom stereocenters. The average Bonchev–Trinajstić information content (AvgIpc) is 2.71. The number of nitrogens with one attached hydrogen (secondary N) is 1. The van der Waals surface area contributed by atoms with Crippen LogP contribution in [0.4, 0.5) is 0 Å². The fourth-order valence-corrected chi connectivity index (χ4v) is 2.17. The standard InChI is InChI=1S/C20H23NO6/c1-3-25-16-7-9-17(10-8-16)26-12-11-21-19(22)14-27-20(23)15-5-4-6-18(13-15)24-2/h4-10,13H,3,11-12,14H2,1-2H3,(H,21,22). The lowest BCUT2D eigenvalue weighted by molar-refractivity contribution is -0.124. The topological polar surface area (TPSA) is 83.1 Å². The average molecular weight is 373 g/mol. The number of rotatable bonds is 10. The van der Waals surface area contributed by atoms with Gasteiger partial charge in [-0.15, -0.1) is 0 Å². The van der Waals surface area contributed by atoms with E-state index >= 15 is 0 Å². The Hall–Kier alpha value is -3.22. The first kappa shape index (κ1) is 20.1. The predicted octanol–water partition coefficient (Wildman–Crippen LogP) is 2.45. The van der Waals surface area contributed by atoms with E-state index in [9.17, 15) is 9.59 Å². The second-order valence-corrected chi connectivity index (χ2v) is 5.41. The van der Waals surface area contributed by atoms with Crippen LogP contribution >= 0.6 is 0 Å². The van der Waals surface area contributed by atoms with Crippen molar-refractivity contribution in [1.82, 2.24) is 5.32 Å². The monoisotopic (exact) mass is 373 g/mol. The molecular weight excluding hydrogens is 350 g/mol. The van der Waals surface area contributed by atoms with Gasteiger partial charge in [-0.05, 0) is 49.4 Å². The minimum Gasteiger partial charge on any atom is -0.497 e. The fraction of sp³-hybridized carbons (Fsp3) is 0.300. The molecule has 0 aromatic heterocycles. The van der Waals surface area contributed by atoms with Crippen molar-refractivity contribution in [3.05, 3.63) is 54.1 Å². The summed E-state index contributed by atoms with van der Waals surface area (Å²) < 4.78 is 20.9. The zero-order valence-corrected chi connectivity index (χ0v) is 15.4. The van der Waals surface area contributed by atoms with Gasteiger partial charge in [0.2, 0.25) is 0 Å². The van der Waals surface area contributed by atoms with Crippen LogP contribution in [0.5, 0.6) is 17.2 Å². The Morgan fingerprint density at radius 3 is 2.33 bits per heavy atom. The number of amides is 1. The van der Waals surface area contributed by atoms with Crippen LogP contribution in [0.3, 0.4) is 0 Å². The Kier molecular flexibility index (Phi) is 7.96. The summed E-state index contributed by atoms with van der Waals surface area (Å²) >= 11 is 0. The number of ether oxygens (including phenoxy) is 4. The van der Waals surface area contributed by atoms with Gasteiger partial charge in [-0.3, -0.25) is 4.79 Å². The van der Waals surface area contributed by atoms with Crippen molar-refractivity contribution in [2.24, 2.45) is 0 Å². The lowest BCUT2D eigenvalue weighted by Gasteiger charge is -2.09. The molecule has 0 aliphatic rings. The quantitative estimate of drug-likeness (QED) is 0.509. The molecule has 27 heavy (non-hydrogen) atoms. The van der Waals surface area contributed by atoms with Crippen LogP contribution in [-0.2, 0) is 9.53 Å². The molecule has 0 aliphatic heterocycles. The molecule has 0 atom stereocenters. The normalized spacial score (nSPS) is 10.0. The molecule has 7 nitrogen and oxygen atoms in total. The summed E-state index contributed by atoms with van der Waals surface area (Å²) in [7, 11) is 1.51. The van der Waals surface area contributed by atoms with Gasteiger partial charge in [-0.2, -0.15) is 0 Å². The number of hydrogen-bond acceptors (Lipinski definition) is 6. The first-order valence-corrected chi connectivity index (χ1v) is 8.56. The molecule has 0 saturated carbocycles. The molecule has 2 aromatic rings. The molecule has 1 N–H and O–H groups in total. The van der Waals surface area contributed by atoms with E-state index in [0.717, 1.165) is 5.75 Å². The predicted molar refractivity (Wildman–Crippen MR) is 99.4 cm³/mol. The molecule has 7 heteroatoms. The molecule has 1 amide bonds. The van der Waals surface area contributed by atoms with Crippen molar-refractivity contribution in [2.45, 2.75) is 6.92 Å². The number of carbonyl (C=O) groups is 2. The highest BCUT2D eigenvalue weighted by Gasteiger charge is 2.10. The van der Waals surface area contributed by atoms with Gasteiger partial charge in [0.1, 0.15) is 23.9 Å². The van der Waals surface area contributed by atoms with Gasteiger partial charge >= 0.3 is 5.97 Å². The zero-order chi connectivity index (χ0) is 19.5. The lowest BCUT2D eigenvalue weighted by Crippen LogP contribution is -2.32. The van der Waals surface area contributed by atoms with Crippen LogP contribution in [0.2, 0.25) is 0 Å². The Balaban J connectivity index is 1.65. The van der Waals surface area contributed by atoms with Crippen LogP contribution in [0, 0.1) is 0 Å². The van der Waals surface area contributed by atoms with Crippen molar-refractivity contribution >= 4 is 11.9 Å². The van der Waals surface area contributed by atoms with E-state index < -0.39 is 11.9 Å². The highest BCUT2D eigenvalue weighted by atomic mass is 16.5. The molecule has 0 radical (unpaired) electrons.